The predicted octanol–water partition coefficient (Wildman–Crippen LogP) is 1.25. The molecule has 1 aliphatic rings. The second-order valence-electron chi connectivity index (χ2n) is 3.97. The van der Waals surface area contributed by atoms with Gasteiger partial charge in [-0.3, -0.25) is 0 Å². The topological polar surface area (TPSA) is 39.9 Å². The molecule has 1 aliphatic heterocycles. The fourth-order valence-corrected chi connectivity index (χ4v) is 1.96. The van der Waals surface area contributed by atoms with Gasteiger partial charge >= 0.3 is 0 Å². The standard InChI is InChI=1S/C11H19N3/c1-2-6-13-10(4-1)8-12-9-11-5-3-7-14-11/h3,5,7,10,12-14H,1-2,4,6,8-9H2. The zero-order valence-corrected chi connectivity index (χ0v) is 8.55. The minimum atomic E-state index is 0.679. The highest BCUT2D eigenvalue weighted by Gasteiger charge is 2.11. The van der Waals surface area contributed by atoms with Crippen LogP contribution in [-0.2, 0) is 6.54 Å². The van der Waals surface area contributed by atoms with Crippen LogP contribution in [0.15, 0.2) is 18.3 Å². The fourth-order valence-electron chi connectivity index (χ4n) is 1.96. The van der Waals surface area contributed by atoms with Crippen LogP contribution in [0.25, 0.3) is 0 Å². The number of aromatic amines is 1. The van der Waals surface area contributed by atoms with Crippen LogP contribution in [0, 0.1) is 0 Å². The van der Waals surface area contributed by atoms with Gasteiger partial charge in [0.2, 0.25) is 0 Å². The van der Waals surface area contributed by atoms with Crippen molar-refractivity contribution in [3.63, 3.8) is 0 Å². The minimum Gasteiger partial charge on any atom is -0.364 e. The van der Waals surface area contributed by atoms with E-state index >= 15 is 0 Å². The van der Waals surface area contributed by atoms with Gasteiger partial charge in [-0.2, -0.15) is 0 Å². The van der Waals surface area contributed by atoms with Gasteiger partial charge in [0.15, 0.2) is 0 Å². The van der Waals surface area contributed by atoms with Gasteiger partial charge in [0, 0.05) is 31.0 Å². The van der Waals surface area contributed by atoms with Crippen LogP contribution in [0.1, 0.15) is 25.0 Å². The molecule has 1 aromatic rings. The lowest BCUT2D eigenvalue weighted by molar-refractivity contribution is 0.383. The maximum absolute atomic E-state index is 3.53. The molecular weight excluding hydrogens is 174 g/mol. The van der Waals surface area contributed by atoms with Crippen LogP contribution < -0.4 is 10.6 Å². The summed E-state index contributed by atoms with van der Waals surface area (Å²) in [4.78, 5) is 3.19. The van der Waals surface area contributed by atoms with Crippen LogP contribution in [0.3, 0.4) is 0 Å². The molecule has 1 aromatic heterocycles. The first-order valence-electron chi connectivity index (χ1n) is 5.51. The number of hydrogen-bond acceptors (Lipinski definition) is 2. The van der Waals surface area contributed by atoms with E-state index in [2.05, 4.69) is 21.7 Å². The molecule has 3 heteroatoms. The Morgan fingerprint density at radius 2 is 2.43 bits per heavy atom. The number of piperidine rings is 1. The quantitative estimate of drug-likeness (QED) is 0.673. The summed E-state index contributed by atoms with van der Waals surface area (Å²) in [6, 6.07) is 4.83. The molecule has 0 spiro atoms. The first-order valence-corrected chi connectivity index (χ1v) is 5.51. The molecule has 1 saturated heterocycles. The molecule has 2 rings (SSSR count). The Morgan fingerprint density at radius 3 is 3.14 bits per heavy atom. The van der Waals surface area contributed by atoms with E-state index in [0.717, 1.165) is 13.1 Å². The second-order valence-corrected chi connectivity index (χ2v) is 3.97. The summed E-state index contributed by atoms with van der Waals surface area (Å²) in [6.45, 7) is 3.22. The van der Waals surface area contributed by atoms with Crippen molar-refractivity contribution in [2.75, 3.05) is 13.1 Å². The summed E-state index contributed by atoms with van der Waals surface area (Å²) in [5.74, 6) is 0. The molecule has 0 saturated carbocycles. The van der Waals surface area contributed by atoms with Crippen LogP contribution in [0.5, 0.6) is 0 Å². The molecular formula is C11H19N3. The monoisotopic (exact) mass is 193 g/mol. The Bertz CT molecular complexity index is 237. The molecule has 1 fully saturated rings. The summed E-state index contributed by atoms with van der Waals surface area (Å²) in [7, 11) is 0. The van der Waals surface area contributed by atoms with Gasteiger partial charge in [-0.15, -0.1) is 0 Å². The summed E-state index contributed by atoms with van der Waals surface area (Å²) in [5, 5.41) is 6.99. The molecule has 78 valence electrons. The van der Waals surface area contributed by atoms with E-state index in [0.29, 0.717) is 6.04 Å². The average Bonchev–Trinajstić information content (AvgIpc) is 2.72. The van der Waals surface area contributed by atoms with Gasteiger partial charge in [0.1, 0.15) is 0 Å². The number of rotatable bonds is 4. The van der Waals surface area contributed by atoms with E-state index in [1.807, 2.05) is 12.3 Å². The van der Waals surface area contributed by atoms with Crippen molar-refractivity contribution in [1.29, 1.82) is 0 Å². The van der Waals surface area contributed by atoms with Crippen molar-refractivity contribution in [1.82, 2.24) is 15.6 Å². The number of hydrogen-bond donors (Lipinski definition) is 3. The highest BCUT2D eigenvalue weighted by molar-refractivity contribution is 5.02. The maximum atomic E-state index is 3.53. The zero-order chi connectivity index (χ0) is 9.64. The lowest BCUT2D eigenvalue weighted by atomic mass is 10.1. The lowest BCUT2D eigenvalue weighted by Gasteiger charge is -2.23. The normalized spacial score (nSPS) is 22.4. The van der Waals surface area contributed by atoms with Crippen molar-refractivity contribution >= 4 is 0 Å². The second kappa shape index (κ2) is 5.17. The molecule has 3 nitrogen and oxygen atoms in total. The smallest absolute Gasteiger partial charge is 0.0357 e. The predicted molar refractivity (Wildman–Crippen MR) is 58.1 cm³/mol. The van der Waals surface area contributed by atoms with Gasteiger partial charge in [-0.25, -0.2) is 0 Å². The van der Waals surface area contributed by atoms with Crippen molar-refractivity contribution < 1.29 is 0 Å². The van der Waals surface area contributed by atoms with Crippen LogP contribution in [0.2, 0.25) is 0 Å². The summed E-state index contributed by atoms with van der Waals surface area (Å²) < 4.78 is 0. The van der Waals surface area contributed by atoms with Crippen molar-refractivity contribution in [2.24, 2.45) is 0 Å². The number of aromatic nitrogens is 1. The molecule has 2 heterocycles. The molecule has 0 amide bonds. The molecule has 1 atom stereocenters. The molecule has 0 bridgehead atoms. The van der Waals surface area contributed by atoms with Gasteiger partial charge in [0.25, 0.3) is 0 Å². The Morgan fingerprint density at radius 1 is 1.43 bits per heavy atom. The highest BCUT2D eigenvalue weighted by Crippen LogP contribution is 2.05. The lowest BCUT2D eigenvalue weighted by Crippen LogP contribution is -2.41. The molecule has 0 radical (unpaired) electrons. The van der Waals surface area contributed by atoms with Crippen LogP contribution in [-0.4, -0.2) is 24.1 Å². The third-order valence-electron chi connectivity index (χ3n) is 2.78. The highest BCUT2D eigenvalue weighted by atomic mass is 15.0. The van der Waals surface area contributed by atoms with E-state index in [-0.39, 0.29) is 0 Å². The molecule has 1 unspecified atom stereocenters. The fraction of sp³-hybridized carbons (Fsp3) is 0.636. The van der Waals surface area contributed by atoms with Crippen molar-refractivity contribution in [3.8, 4) is 0 Å². The zero-order valence-electron chi connectivity index (χ0n) is 8.55. The first-order chi connectivity index (χ1) is 6.95. The first kappa shape index (κ1) is 9.74. The largest absolute Gasteiger partial charge is 0.364 e. The Hall–Kier alpha value is -0.800. The van der Waals surface area contributed by atoms with E-state index in [1.165, 1.54) is 31.5 Å². The summed E-state index contributed by atoms with van der Waals surface area (Å²) in [5.41, 5.74) is 1.26. The Balaban J connectivity index is 1.62. The maximum Gasteiger partial charge on any atom is 0.0357 e. The molecule has 14 heavy (non-hydrogen) atoms. The van der Waals surface area contributed by atoms with E-state index < -0.39 is 0 Å². The third-order valence-corrected chi connectivity index (χ3v) is 2.78. The summed E-state index contributed by atoms with van der Waals surface area (Å²) in [6.07, 6.45) is 6.00. The molecule has 3 N–H and O–H groups in total. The Kier molecular flexibility index (Phi) is 3.60. The van der Waals surface area contributed by atoms with Crippen LogP contribution in [0.4, 0.5) is 0 Å². The van der Waals surface area contributed by atoms with E-state index in [9.17, 15) is 0 Å². The average molecular weight is 193 g/mol. The van der Waals surface area contributed by atoms with Gasteiger partial charge in [-0.05, 0) is 31.5 Å². The number of nitrogens with one attached hydrogen (secondary N) is 3. The SMILES string of the molecule is c1c[nH]c(CNCC2CCCCN2)c1. The number of H-pyrrole nitrogens is 1. The van der Waals surface area contributed by atoms with Gasteiger partial charge in [-0.1, -0.05) is 6.42 Å². The van der Waals surface area contributed by atoms with Gasteiger partial charge < -0.3 is 15.6 Å². The minimum absolute atomic E-state index is 0.679. The molecule has 0 aliphatic carbocycles. The summed E-state index contributed by atoms with van der Waals surface area (Å²) >= 11 is 0. The van der Waals surface area contributed by atoms with Crippen molar-refractivity contribution in [2.45, 2.75) is 31.8 Å². The van der Waals surface area contributed by atoms with Crippen LogP contribution >= 0.6 is 0 Å². The van der Waals surface area contributed by atoms with E-state index in [4.69, 9.17) is 0 Å². The van der Waals surface area contributed by atoms with Crippen molar-refractivity contribution in [3.05, 3.63) is 24.0 Å². The molecule has 0 aromatic carbocycles. The Labute approximate surface area is 85.3 Å². The van der Waals surface area contributed by atoms with Gasteiger partial charge in [0.05, 0.1) is 0 Å². The van der Waals surface area contributed by atoms with E-state index in [1.54, 1.807) is 0 Å². The third kappa shape index (κ3) is 2.86.